The van der Waals surface area contributed by atoms with Gasteiger partial charge in [-0.3, -0.25) is 9.10 Å². The monoisotopic (exact) mass is 294 g/mol. The number of amides is 1. The molecule has 0 saturated carbocycles. The summed E-state index contributed by atoms with van der Waals surface area (Å²) in [5.74, 6) is -0.00728. The highest BCUT2D eigenvalue weighted by molar-refractivity contribution is 7.92. The third kappa shape index (κ3) is 3.19. The Bertz CT molecular complexity index is 593. The smallest absolute Gasteiger partial charge is 0.251 e. The Labute approximate surface area is 119 Å². The number of sulfonamides is 1. The third-order valence-corrected chi connectivity index (χ3v) is 5.04. The van der Waals surface area contributed by atoms with Gasteiger partial charge < -0.3 is 5.32 Å². The van der Waals surface area contributed by atoms with Gasteiger partial charge in [-0.15, -0.1) is 6.58 Å². The summed E-state index contributed by atoms with van der Waals surface area (Å²) in [5.41, 5.74) is 1.12. The molecule has 0 atom stereocenters. The topological polar surface area (TPSA) is 66.5 Å². The van der Waals surface area contributed by atoms with Crippen LogP contribution in [0.2, 0.25) is 0 Å². The van der Waals surface area contributed by atoms with Crippen molar-refractivity contribution < 1.29 is 13.2 Å². The van der Waals surface area contributed by atoms with Crippen molar-refractivity contribution >= 4 is 21.6 Å². The summed E-state index contributed by atoms with van der Waals surface area (Å²) in [5, 5.41) is 2.68. The van der Waals surface area contributed by atoms with E-state index in [4.69, 9.17) is 0 Å². The lowest BCUT2D eigenvalue weighted by molar-refractivity contribution is 0.0958. The molecule has 1 fully saturated rings. The van der Waals surface area contributed by atoms with E-state index in [2.05, 4.69) is 11.9 Å². The maximum Gasteiger partial charge on any atom is 0.251 e. The van der Waals surface area contributed by atoms with Gasteiger partial charge >= 0.3 is 0 Å². The summed E-state index contributed by atoms with van der Waals surface area (Å²) in [4.78, 5) is 11.7. The van der Waals surface area contributed by atoms with Crippen molar-refractivity contribution in [1.29, 1.82) is 0 Å². The van der Waals surface area contributed by atoms with E-state index >= 15 is 0 Å². The van der Waals surface area contributed by atoms with Gasteiger partial charge in [-0.25, -0.2) is 8.42 Å². The zero-order valence-corrected chi connectivity index (χ0v) is 12.0. The van der Waals surface area contributed by atoms with Crippen molar-refractivity contribution in [3.63, 3.8) is 0 Å². The molecule has 0 radical (unpaired) electrons. The maximum atomic E-state index is 12.0. The van der Waals surface area contributed by atoms with Gasteiger partial charge in [0.05, 0.1) is 11.4 Å². The van der Waals surface area contributed by atoms with Gasteiger partial charge in [-0.1, -0.05) is 6.08 Å². The number of benzene rings is 1. The molecule has 20 heavy (non-hydrogen) atoms. The minimum Gasteiger partial charge on any atom is -0.349 e. The number of hydrogen-bond acceptors (Lipinski definition) is 3. The molecule has 6 heteroatoms. The van der Waals surface area contributed by atoms with Crippen molar-refractivity contribution in [3.8, 4) is 0 Å². The lowest BCUT2D eigenvalue weighted by atomic mass is 10.2. The van der Waals surface area contributed by atoms with Crippen molar-refractivity contribution in [3.05, 3.63) is 42.5 Å². The first-order valence-electron chi connectivity index (χ1n) is 6.54. The minimum absolute atomic E-state index is 0.189. The van der Waals surface area contributed by atoms with Crippen LogP contribution in [0.1, 0.15) is 23.2 Å². The van der Waals surface area contributed by atoms with Crippen LogP contribution in [0, 0.1) is 0 Å². The van der Waals surface area contributed by atoms with Gasteiger partial charge in [0.25, 0.3) is 5.91 Å². The summed E-state index contributed by atoms with van der Waals surface area (Å²) in [6.45, 7) is 4.44. The fourth-order valence-corrected chi connectivity index (χ4v) is 3.76. The minimum atomic E-state index is -3.20. The van der Waals surface area contributed by atoms with E-state index in [-0.39, 0.29) is 11.7 Å². The van der Waals surface area contributed by atoms with Crippen LogP contribution in [0.5, 0.6) is 0 Å². The van der Waals surface area contributed by atoms with Gasteiger partial charge in [-0.05, 0) is 37.1 Å². The van der Waals surface area contributed by atoms with Crippen LogP contribution in [0.15, 0.2) is 36.9 Å². The first-order chi connectivity index (χ1) is 9.54. The van der Waals surface area contributed by atoms with Crippen LogP contribution in [0.25, 0.3) is 0 Å². The van der Waals surface area contributed by atoms with Gasteiger partial charge in [0.2, 0.25) is 10.0 Å². The van der Waals surface area contributed by atoms with Gasteiger partial charge in [0.15, 0.2) is 0 Å². The molecule has 0 bridgehead atoms. The third-order valence-electron chi connectivity index (χ3n) is 3.17. The molecule has 1 aromatic carbocycles. The van der Waals surface area contributed by atoms with Crippen molar-refractivity contribution in [2.75, 3.05) is 23.1 Å². The zero-order chi connectivity index (χ0) is 14.6. The van der Waals surface area contributed by atoms with Crippen LogP contribution in [-0.4, -0.2) is 33.2 Å². The summed E-state index contributed by atoms with van der Waals surface area (Å²) >= 11 is 0. The molecule has 0 unspecified atom stereocenters. The molecule has 2 rings (SSSR count). The number of carbonyl (C=O) groups is 1. The van der Waals surface area contributed by atoms with Crippen LogP contribution in [0.4, 0.5) is 5.69 Å². The Morgan fingerprint density at radius 1 is 1.30 bits per heavy atom. The normalized spacial score (nSPS) is 17.5. The number of hydrogen-bond donors (Lipinski definition) is 1. The molecule has 1 aliphatic heterocycles. The molecular weight excluding hydrogens is 276 g/mol. The molecule has 0 aliphatic carbocycles. The molecule has 1 aliphatic rings. The first kappa shape index (κ1) is 14.6. The van der Waals surface area contributed by atoms with E-state index in [1.807, 2.05) is 0 Å². The average Bonchev–Trinajstić information content (AvgIpc) is 2.44. The Morgan fingerprint density at radius 3 is 2.60 bits per heavy atom. The van der Waals surface area contributed by atoms with Crippen LogP contribution >= 0.6 is 0 Å². The Hall–Kier alpha value is -1.82. The quantitative estimate of drug-likeness (QED) is 0.856. The van der Waals surface area contributed by atoms with Crippen LogP contribution in [0.3, 0.4) is 0 Å². The Balaban J connectivity index is 2.15. The zero-order valence-electron chi connectivity index (χ0n) is 11.2. The second-order valence-electron chi connectivity index (χ2n) is 4.64. The lowest BCUT2D eigenvalue weighted by Crippen LogP contribution is -2.37. The Morgan fingerprint density at radius 2 is 2.00 bits per heavy atom. The highest BCUT2D eigenvalue weighted by Gasteiger charge is 2.25. The van der Waals surface area contributed by atoms with Gasteiger partial charge in [-0.2, -0.15) is 0 Å². The molecule has 5 nitrogen and oxygen atoms in total. The lowest BCUT2D eigenvalue weighted by Gasteiger charge is -2.28. The summed E-state index contributed by atoms with van der Waals surface area (Å²) in [6.07, 6.45) is 3.17. The molecule has 1 saturated heterocycles. The Kier molecular flexibility index (Phi) is 4.44. The second kappa shape index (κ2) is 6.09. The summed E-state index contributed by atoms with van der Waals surface area (Å²) < 4.78 is 25.4. The average molecular weight is 294 g/mol. The number of nitrogens with one attached hydrogen (secondary N) is 1. The van der Waals surface area contributed by atoms with E-state index in [1.54, 1.807) is 30.3 Å². The van der Waals surface area contributed by atoms with E-state index in [1.165, 1.54) is 4.31 Å². The summed E-state index contributed by atoms with van der Waals surface area (Å²) in [6, 6.07) is 6.62. The maximum absolute atomic E-state index is 12.0. The van der Waals surface area contributed by atoms with E-state index in [9.17, 15) is 13.2 Å². The number of anilines is 1. The molecule has 1 N–H and O–H groups in total. The first-order valence-corrected chi connectivity index (χ1v) is 8.15. The van der Waals surface area contributed by atoms with Gasteiger partial charge in [0.1, 0.15) is 0 Å². The molecule has 1 amide bonds. The fraction of sp³-hybridized carbons (Fsp3) is 0.357. The van der Waals surface area contributed by atoms with Crippen LogP contribution < -0.4 is 9.62 Å². The molecule has 1 aromatic rings. The summed E-state index contributed by atoms with van der Waals surface area (Å²) in [7, 11) is -3.20. The second-order valence-corrected chi connectivity index (χ2v) is 6.65. The van der Waals surface area contributed by atoms with E-state index in [0.29, 0.717) is 30.8 Å². The van der Waals surface area contributed by atoms with Crippen molar-refractivity contribution in [1.82, 2.24) is 5.32 Å². The standard InChI is InChI=1S/C14H18N2O3S/c1-2-9-15-14(17)12-5-7-13(8-6-12)16-10-3-4-11-20(16,18)19/h2,5-8H,1,3-4,9-11H2,(H,15,17). The van der Waals surface area contributed by atoms with E-state index in [0.717, 1.165) is 6.42 Å². The van der Waals surface area contributed by atoms with Crippen molar-refractivity contribution in [2.24, 2.45) is 0 Å². The predicted octanol–water partition coefficient (Wildman–Crippen LogP) is 1.53. The number of nitrogens with zero attached hydrogens (tertiary/aromatic N) is 1. The fourth-order valence-electron chi connectivity index (χ4n) is 2.12. The number of rotatable bonds is 4. The van der Waals surface area contributed by atoms with Crippen molar-refractivity contribution in [2.45, 2.75) is 12.8 Å². The molecular formula is C14H18N2O3S. The predicted molar refractivity (Wildman–Crippen MR) is 79.3 cm³/mol. The van der Waals surface area contributed by atoms with Crippen LogP contribution in [-0.2, 0) is 10.0 Å². The molecule has 108 valence electrons. The molecule has 0 spiro atoms. The highest BCUT2D eigenvalue weighted by atomic mass is 32.2. The largest absolute Gasteiger partial charge is 0.349 e. The highest BCUT2D eigenvalue weighted by Crippen LogP contribution is 2.23. The number of carbonyl (C=O) groups excluding carboxylic acids is 1. The SMILES string of the molecule is C=CCNC(=O)c1ccc(N2CCCCS2(=O)=O)cc1. The van der Waals surface area contributed by atoms with E-state index < -0.39 is 10.0 Å². The van der Waals surface area contributed by atoms with Gasteiger partial charge in [0, 0.05) is 18.7 Å². The molecule has 0 aromatic heterocycles. The molecule has 1 heterocycles.